The van der Waals surface area contributed by atoms with Crippen molar-refractivity contribution in [1.82, 2.24) is 4.98 Å². The Labute approximate surface area is 159 Å². The Morgan fingerprint density at radius 2 is 1.85 bits per heavy atom. The second kappa shape index (κ2) is 7.16. The molecule has 1 aromatic heterocycles. The lowest BCUT2D eigenvalue weighted by Gasteiger charge is -2.11. The van der Waals surface area contributed by atoms with Gasteiger partial charge < -0.3 is 18.9 Å². The fourth-order valence-corrected chi connectivity index (χ4v) is 3.47. The third-order valence-electron chi connectivity index (χ3n) is 4.05. The van der Waals surface area contributed by atoms with E-state index < -0.39 is 0 Å². The van der Waals surface area contributed by atoms with Gasteiger partial charge in [-0.15, -0.1) is 11.3 Å². The number of fused-ring (bicyclic) bond motifs is 1. The number of hydrogen-bond donors (Lipinski definition) is 1. The Hall–Kier alpha value is -3.26. The Morgan fingerprint density at radius 3 is 2.59 bits per heavy atom. The fourth-order valence-electron chi connectivity index (χ4n) is 2.75. The van der Waals surface area contributed by atoms with Crippen LogP contribution in [0.15, 0.2) is 41.8 Å². The minimum atomic E-state index is -0.351. The van der Waals surface area contributed by atoms with Crippen LogP contribution in [-0.2, 0) is 0 Å². The summed E-state index contributed by atoms with van der Waals surface area (Å²) in [6.45, 7) is 0.220. The maximum Gasteiger partial charge on any atom is 0.265 e. The minimum absolute atomic E-state index is 0.220. The number of aromatic nitrogens is 1. The molecule has 0 aliphatic carbocycles. The summed E-state index contributed by atoms with van der Waals surface area (Å²) in [5.74, 6) is 1.91. The fraction of sp³-hybridized carbons (Fsp3) is 0.158. The number of thiazole rings is 1. The highest BCUT2D eigenvalue weighted by Gasteiger charge is 2.20. The van der Waals surface area contributed by atoms with E-state index in [1.807, 2.05) is 23.6 Å². The van der Waals surface area contributed by atoms with Crippen LogP contribution in [0.5, 0.6) is 23.0 Å². The molecule has 2 heterocycles. The molecule has 2 aromatic carbocycles. The van der Waals surface area contributed by atoms with E-state index in [0.717, 1.165) is 11.3 Å². The van der Waals surface area contributed by atoms with E-state index in [1.165, 1.54) is 25.6 Å². The van der Waals surface area contributed by atoms with E-state index in [4.69, 9.17) is 18.9 Å². The molecule has 7 nitrogen and oxygen atoms in total. The van der Waals surface area contributed by atoms with Gasteiger partial charge in [0.05, 0.1) is 19.9 Å². The molecule has 0 radical (unpaired) electrons. The van der Waals surface area contributed by atoms with Gasteiger partial charge in [0.25, 0.3) is 5.91 Å². The summed E-state index contributed by atoms with van der Waals surface area (Å²) in [5, 5.41) is 5.14. The molecule has 1 aliphatic rings. The molecule has 4 rings (SSSR count). The molecule has 0 spiro atoms. The van der Waals surface area contributed by atoms with Crippen LogP contribution in [-0.4, -0.2) is 31.9 Å². The molecule has 0 unspecified atom stereocenters. The molecule has 0 saturated carbocycles. The van der Waals surface area contributed by atoms with Crippen LogP contribution in [0.3, 0.4) is 0 Å². The van der Waals surface area contributed by atoms with Crippen molar-refractivity contribution in [3.05, 3.63) is 47.3 Å². The predicted octanol–water partition coefficient (Wildman–Crippen LogP) is 3.81. The highest BCUT2D eigenvalue weighted by atomic mass is 32.1. The standard InChI is InChI=1S/C19H16N2O5S/c1-23-14-4-3-5-15(24-2)17(14)18(22)21-19-20-12(9-27-19)11-6-7-13-16(8-11)26-10-25-13/h3-9H,10H2,1-2H3,(H,20,21,22). The van der Waals surface area contributed by atoms with Gasteiger partial charge in [0, 0.05) is 10.9 Å². The van der Waals surface area contributed by atoms with E-state index >= 15 is 0 Å². The van der Waals surface area contributed by atoms with Crippen LogP contribution in [0.2, 0.25) is 0 Å². The normalized spacial score (nSPS) is 11.9. The molecular weight excluding hydrogens is 368 g/mol. The van der Waals surface area contributed by atoms with Gasteiger partial charge in [-0.1, -0.05) is 6.07 Å². The van der Waals surface area contributed by atoms with Crippen molar-refractivity contribution in [1.29, 1.82) is 0 Å². The van der Waals surface area contributed by atoms with Crippen molar-refractivity contribution in [2.45, 2.75) is 0 Å². The molecular formula is C19H16N2O5S. The molecule has 0 bridgehead atoms. The van der Waals surface area contributed by atoms with Gasteiger partial charge in [-0.25, -0.2) is 4.98 Å². The number of hydrogen-bond acceptors (Lipinski definition) is 7. The lowest BCUT2D eigenvalue weighted by Crippen LogP contribution is -2.14. The number of anilines is 1. The summed E-state index contributed by atoms with van der Waals surface area (Å²) in [4.78, 5) is 17.2. The first-order chi connectivity index (χ1) is 13.2. The van der Waals surface area contributed by atoms with Crippen LogP contribution in [0.4, 0.5) is 5.13 Å². The van der Waals surface area contributed by atoms with Crippen LogP contribution in [0.25, 0.3) is 11.3 Å². The average Bonchev–Trinajstić information content (AvgIpc) is 3.35. The van der Waals surface area contributed by atoms with Gasteiger partial charge in [-0.2, -0.15) is 0 Å². The average molecular weight is 384 g/mol. The summed E-state index contributed by atoms with van der Waals surface area (Å²) >= 11 is 1.33. The van der Waals surface area contributed by atoms with Crippen LogP contribution >= 0.6 is 11.3 Å². The molecule has 8 heteroatoms. The summed E-state index contributed by atoms with van der Waals surface area (Å²) < 4.78 is 21.3. The lowest BCUT2D eigenvalue weighted by atomic mass is 10.1. The first-order valence-electron chi connectivity index (χ1n) is 8.07. The molecule has 0 saturated heterocycles. The lowest BCUT2D eigenvalue weighted by molar-refractivity contribution is 0.102. The SMILES string of the molecule is COc1cccc(OC)c1C(=O)Nc1nc(-c2ccc3c(c2)OCO3)cs1. The van der Waals surface area contributed by atoms with Gasteiger partial charge in [0.2, 0.25) is 6.79 Å². The largest absolute Gasteiger partial charge is 0.496 e. The van der Waals surface area contributed by atoms with Crippen molar-refractivity contribution in [2.75, 3.05) is 26.3 Å². The highest BCUT2D eigenvalue weighted by Crippen LogP contribution is 2.37. The quantitative estimate of drug-likeness (QED) is 0.721. The third kappa shape index (κ3) is 3.26. The Morgan fingerprint density at radius 1 is 1.11 bits per heavy atom. The minimum Gasteiger partial charge on any atom is -0.496 e. The number of benzene rings is 2. The summed E-state index contributed by atoms with van der Waals surface area (Å²) in [6.07, 6.45) is 0. The number of ether oxygens (including phenoxy) is 4. The number of amides is 1. The number of nitrogens with zero attached hydrogens (tertiary/aromatic N) is 1. The van der Waals surface area contributed by atoms with Crippen molar-refractivity contribution in [3.63, 3.8) is 0 Å². The third-order valence-corrected chi connectivity index (χ3v) is 4.81. The van der Waals surface area contributed by atoms with Gasteiger partial charge in [0.15, 0.2) is 16.6 Å². The van der Waals surface area contributed by atoms with Crippen molar-refractivity contribution in [3.8, 4) is 34.3 Å². The monoisotopic (exact) mass is 384 g/mol. The zero-order valence-corrected chi connectivity index (χ0v) is 15.5. The molecule has 1 amide bonds. The van der Waals surface area contributed by atoms with E-state index in [9.17, 15) is 4.79 Å². The maximum absolute atomic E-state index is 12.7. The predicted molar refractivity (Wildman–Crippen MR) is 101 cm³/mol. The van der Waals surface area contributed by atoms with Crippen LogP contribution < -0.4 is 24.3 Å². The molecule has 0 fully saturated rings. The number of methoxy groups -OCH3 is 2. The van der Waals surface area contributed by atoms with E-state index in [2.05, 4.69) is 10.3 Å². The first-order valence-corrected chi connectivity index (χ1v) is 8.95. The zero-order valence-electron chi connectivity index (χ0n) is 14.6. The van der Waals surface area contributed by atoms with E-state index in [0.29, 0.717) is 33.7 Å². The summed E-state index contributed by atoms with van der Waals surface area (Å²) in [5.41, 5.74) is 1.94. The van der Waals surface area contributed by atoms with Gasteiger partial charge in [-0.05, 0) is 30.3 Å². The zero-order chi connectivity index (χ0) is 18.8. The smallest absolute Gasteiger partial charge is 0.265 e. The first kappa shape index (κ1) is 17.2. The Balaban J connectivity index is 1.57. The molecule has 1 N–H and O–H groups in total. The maximum atomic E-state index is 12.7. The van der Waals surface area contributed by atoms with Crippen LogP contribution in [0, 0.1) is 0 Å². The molecule has 27 heavy (non-hydrogen) atoms. The topological polar surface area (TPSA) is 78.9 Å². The highest BCUT2D eigenvalue weighted by molar-refractivity contribution is 7.14. The Bertz CT molecular complexity index is 979. The van der Waals surface area contributed by atoms with Crippen molar-refractivity contribution < 1.29 is 23.7 Å². The van der Waals surface area contributed by atoms with E-state index in [-0.39, 0.29) is 12.7 Å². The number of rotatable bonds is 5. The van der Waals surface area contributed by atoms with Gasteiger partial charge in [0.1, 0.15) is 17.1 Å². The van der Waals surface area contributed by atoms with Gasteiger partial charge in [-0.3, -0.25) is 10.1 Å². The molecule has 3 aromatic rings. The number of nitrogens with one attached hydrogen (secondary N) is 1. The second-order valence-corrected chi connectivity index (χ2v) is 6.46. The van der Waals surface area contributed by atoms with Gasteiger partial charge >= 0.3 is 0 Å². The van der Waals surface area contributed by atoms with Crippen molar-refractivity contribution >= 4 is 22.4 Å². The molecule has 0 atom stereocenters. The van der Waals surface area contributed by atoms with Crippen LogP contribution in [0.1, 0.15) is 10.4 Å². The Kier molecular flexibility index (Phi) is 4.55. The van der Waals surface area contributed by atoms with E-state index in [1.54, 1.807) is 18.2 Å². The molecule has 138 valence electrons. The summed E-state index contributed by atoms with van der Waals surface area (Å²) in [6, 6.07) is 10.8. The number of carbonyl (C=O) groups excluding carboxylic acids is 1. The van der Waals surface area contributed by atoms with Crippen molar-refractivity contribution in [2.24, 2.45) is 0 Å². The second-order valence-electron chi connectivity index (χ2n) is 5.60. The molecule has 1 aliphatic heterocycles. The number of carbonyl (C=O) groups is 1. The summed E-state index contributed by atoms with van der Waals surface area (Å²) in [7, 11) is 3.01.